The molecule has 0 aliphatic carbocycles. The normalized spacial score (nSPS) is 13.3. The number of likely N-dealkylation sites (N-methyl/N-ethyl adjacent to an activating group) is 1. The van der Waals surface area contributed by atoms with Gasteiger partial charge in [-0.05, 0) is 43.2 Å². The summed E-state index contributed by atoms with van der Waals surface area (Å²) in [7, 11) is 4.09. The van der Waals surface area contributed by atoms with Gasteiger partial charge in [0, 0.05) is 16.3 Å². The Labute approximate surface area is 169 Å². The molecule has 0 fully saturated rings. The van der Waals surface area contributed by atoms with E-state index in [9.17, 15) is 4.79 Å². The number of thiophene rings is 1. The summed E-state index contributed by atoms with van der Waals surface area (Å²) in [5.74, 6) is 0.0402. The number of amides is 1. The molecule has 27 heavy (non-hydrogen) atoms. The number of nitrogens with one attached hydrogen (secondary N) is 1. The maximum atomic E-state index is 13.1. The third-order valence-corrected chi connectivity index (χ3v) is 6.54. The van der Waals surface area contributed by atoms with Crippen molar-refractivity contribution in [3.8, 4) is 0 Å². The van der Waals surface area contributed by atoms with Crippen molar-refractivity contribution in [3.05, 3.63) is 88.6 Å². The van der Waals surface area contributed by atoms with E-state index in [2.05, 4.69) is 27.7 Å². The van der Waals surface area contributed by atoms with Gasteiger partial charge in [-0.25, -0.2) is 0 Å². The second kappa shape index (κ2) is 9.74. The van der Waals surface area contributed by atoms with Gasteiger partial charge < -0.3 is 10.2 Å². The van der Waals surface area contributed by atoms with E-state index in [1.807, 2.05) is 74.8 Å². The lowest BCUT2D eigenvalue weighted by atomic mass is 10.1. The summed E-state index contributed by atoms with van der Waals surface area (Å²) in [6.45, 7) is 0.588. The highest BCUT2D eigenvalue weighted by molar-refractivity contribution is 8.00. The van der Waals surface area contributed by atoms with Crippen molar-refractivity contribution in [3.63, 3.8) is 0 Å². The van der Waals surface area contributed by atoms with Crippen LogP contribution in [0.3, 0.4) is 0 Å². The second-order valence-corrected chi connectivity index (χ2v) is 8.62. The molecule has 0 aliphatic rings. The summed E-state index contributed by atoms with van der Waals surface area (Å²) in [5, 5.41) is 4.97. The molecule has 3 aromatic rings. The quantitative estimate of drug-likeness (QED) is 0.544. The van der Waals surface area contributed by atoms with Gasteiger partial charge in [0.25, 0.3) is 0 Å². The minimum Gasteiger partial charge on any atom is -0.353 e. The Morgan fingerprint density at radius 1 is 1.00 bits per heavy atom. The number of hydrogen-bond acceptors (Lipinski definition) is 4. The molecular formula is C22H24N2OS2. The molecule has 0 saturated heterocycles. The molecular weight excluding hydrogens is 372 g/mol. The first-order valence-corrected chi connectivity index (χ1v) is 10.7. The van der Waals surface area contributed by atoms with Crippen LogP contribution in [-0.4, -0.2) is 31.4 Å². The van der Waals surface area contributed by atoms with Crippen LogP contribution >= 0.6 is 23.1 Å². The average Bonchev–Trinajstić information content (AvgIpc) is 3.22. The zero-order valence-corrected chi connectivity index (χ0v) is 17.2. The summed E-state index contributed by atoms with van der Waals surface area (Å²) in [6.07, 6.45) is 0. The van der Waals surface area contributed by atoms with E-state index in [1.165, 1.54) is 4.88 Å². The predicted molar refractivity (Wildman–Crippen MR) is 115 cm³/mol. The van der Waals surface area contributed by atoms with Crippen LogP contribution in [0.25, 0.3) is 0 Å². The highest BCUT2D eigenvalue weighted by Gasteiger charge is 2.24. The smallest absolute Gasteiger partial charge is 0.238 e. The molecule has 3 rings (SSSR count). The highest BCUT2D eigenvalue weighted by Crippen LogP contribution is 2.35. The molecule has 0 spiro atoms. The Kier molecular flexibility index (Phi) is 7.10. The van der Waals surface area contributed by atoms with Crippen molar-refractivity contribution in [2.75, 3.05) is 20.6 Å². The average molecular weight is 397 g/mol. The van der Waals surface area contributed by atoms with E-state index in [-0.39, 0.29) is 17.2 Å². The van der Waals surface area contributed by atoms with E-state index >= 15 is 0 Å². The van der Waals surface area contributed by atoms with E-state index < -0.39 is 0 Å². The molecule has 2 atom stereocenters. The first-order valence-electron chi connectivity index (χ1n) is 8.89. The fourth-order valence-corrected chi connectivity index (χ4v) is 4.84. The molecule has 1 N–H and O–H groups in total. The van der Waals surface area contributed by atoms with Crippen LogP contribution in [0, 0.1) is 0 Å². The molecule has 0 saturated carbocycles. The molecule has 0 bridgehead atoms. The van der Waals surface area contributed by atoms with Crippen LogP contribution in [-0.2, 0) is 4.79 Å². The first-order chi connectivity index (χ1) is 13.1. The predicted octanol–water partition coefficient (Wildman–Crippen LogP) is 5.00. The van der Waals surface area contributed by atoms with Gasteiger partial charge in [-0.15, -0.1) is 23.1 Å². The molecule has 2 unspecified atom stereocenters. The molecule has 1 heterocycles. The first kappa shape index (κ1) is 19.7. The van der Waals surface area contributed by atoms with E-state index in [1.54, 1.807) is 23.1 Å². The lowest BCUT2D eigenvalue weighted by Gasteiger charge is -2.25. The largest absolute Gasteiger partial charge is 0.353 e. The summed E-state index contributed by atoms with van der Waals surface area (Å²) in [5.41, 5.74) is 1.02. The van der Waals surface area contributed by atoms with E-state index in [0.29, 0.717) is 6.54 Å². The lowest BCUT2D eigenvalue weighted by molar-refractivity contribution is -0.120. The minimum atomic E-state index is -0.278. The van der Waals surface area contributed by atoms with Gasteiger partial charge in [-0.3, -0.25) is 4.79 Å². The fourth-order valence-electron chi connectivity index (χ4n) is 2.84. The topological polar surface area (TPSA) is 32.3 Å². The standard InChI is InChI=1S/C22H24N2OS2/c1-24(2)19(20-14-9-15-26-20)16-23-22(25)21(17-10-5-3-6-11-17)27-18-12-7-4-8-13-18/h3-15,19,21H,16H2,1-2H3,(H,23,25). The fraction of sp³-hybridized carbons (Fsp3) is 0.227. The maximum Gasteiger partial charge on any atom is 0.238 e. The van der Waals surface area contributed by atoms with E-state index in [0.717, 1.165) is 10.5 Å². The highest BCUT2D eigenvalue weighted by atomic mass is 32.2. The number of hydrogen-bond donors (Lipinski definition) is 1. The molecule has 1 aromatic heterocycles. The van der Waals surface area contributed by atoms with Gasteiger partial charge in [0.15, 0.2) is 0 Å². The Morgan fingerprint density at radius 2 is 1.67 bits per heavy atom. The maximum absolute atomic E-state index is 13.1. The van der Waals surface area contributed by atoms with Gasteiger partial charge in [0.05, 0.1) is 6.04 Å². The van der Waals surface area contributed by atoms with Gasteiger partial charge in [0.1, 0.15) is 5.25 Å². The van der Waals surface area contributed by atoms with Gasteiger partial charge in [-0.2, -0.15) is 0 Å². The van der Waals surface area contributed by atoms with Gasteiger partial charge >= 0.3 is 0 Å². The third kappa shape index (κ3) is 5.45. The summed E-state index contributed by atoms with van der Waals surface area (Å²) < 4.78 is 0. The Bertz CT molecular complexity index is 820. The van der Waals surface area contributed by atoms with Crippen molar-refractivity contribution >= 4 is 29.0 Å². The number of carbonyl (C=O) groups excluding carboxylic acids is 1. The third-order valence-electron chi connectivity index (χ3n) is 4.30. The molecule has 1 amide bonds. The van der Waals surface area contributed by atoms with Crippen molar-refractivity contribution in [1.82, 2.24) is 10.2 Å². The molecule has 5 heteroatoms. The summed E-state index contributed by atoms with van der Waals surface area (Å²) in [6, 6.07) is 24.4. The summed E-state index contributed by atoms with van der Waals surface area (Å²) in [4.78, 5) is 17.6. The van der Waals surface area contributed by atoms with Crippen LogP contribution in [0.4, 0.5) is 0 Å². The molecule has 3 nitrogen and oxygen atoms in total. The zero-order valence-electron chi connectivity index (χ0n) is 15.5. The van der Waals surface area contributed by atoms with E-state index in [4.69, 9.17) is 0 Å². The molecule has 140 valence electrons. The minimum absolute atomic E-state index is 0.0402. The number of nitrogens with zero attached hydrogens (tertiary/aromatic N) is 1. The van der Waals surface area contributed by atoms with Crippen LogP contribution in [0.5, 0.6) is 0 Å². The van der Waals surface area contributed by atoms with Crippen molar-refractivity contribution in [1.29, 1.82) is 0 Å². The van der Waals surface area contributed by atoms with Crippen molar-refractivity contribution < 1.29 is 4.79 Å². The molecule has 0 radical (unpaired) electrons. The second-order valence-electron chi connectivity index (χ2n) is 6.46. The van der Waals surface area contributed by atoms with Crippen LogP contribution in [0.1, 0.15) is 21.7 Å². The zero-order chi connectivity index (χ0) is 19.1. The van der Waals surface area contributed by atoms with Crippen LogP contribution in [0.15, 0.2) is 83.1 Å². The Balaban J connectivity index is 1.74. The monoisotopic (exact) mass is 396 g/mol. The van der Waals surface area contributed by atoms with Gasteiger partial charge in [0.2, 0.25) is 5.91 Å². The number of benzene rings is 2. The van der Waals surface area contributed by atoms with Gasteiger partial charge in [-0.1, -0.05) is 54.6 Å². The van der Waals surface area contributed by atoms with Crippen molar-refractivity contribution in [2.24, 2.45) is 0 Å². The number of rotatable bonds is 8. The lowest BCUT2D eigenvalue weighted by Crippen LogP contribution is -2.36. The van der Waals surface area contributed by atoms with Crippen LogP contribution < -0.4 is 5.32 Å². The van der Waals surface area contributed by atoms with Crippen molar-refractivity contribution in [2.45, 2.75) is 16.2 Å². The number of carbonyl (C=O) groups is 1. The van der Waals surface area contributed by atoms with Crippen LogP contribution in [0.2, 0.25) is 0 Å². The Morgan fingerprint density at radius 3 is 2.26 bits per heavy atom. The molecule has 2 aromatic carbocycles. The SMILES string of the molecule is CN(C)C(CNC(=O)C(Sc1ccccc1)c1ccccc1)c1cccs1. The number of thioether (sulfide) groups is 1. The Hall–Kier alpha value is -2.08. The molecule has 0 aliphatic heterocycles. The summed E-state index contributed by atoms with van der Waals surface area (Å²) >= 11 is 3.30.